The molecule has 1 atom stereocenters. The molecule has 2 aliphatic rings. The molecule has 1 amide bonds. The third-order valence-electron chi connectivity index (χ3n) is 5.38. The normalized spacial score (nSPS) is 20.3. The Morgan fingerprint density at radius 2 is 1.93 bits per heavy atom. The van der Waals surface area contributed by atoms with Crippen LogP contribution in [0.1, 0.15) is 47.2 Å². The highest BCUT2D eigenvalue weighted by Crippen LogP contribution is 2.37. The molecule has 1 aliphatic heterocycles. The van der Waals surface area contributed by atoms with Crippen molar-refractivity contribution >= 4 is 27.3 Å². The number of morpholine rings is 1. The van der Waals surface area contributed by atoms with Gasteiger partial charge in [-0.05, 0) is 42.3 Å². The lowest BCUT2D eigenvalue weighted by molar-refractivity contribution is 0.0722. The number of amides is 1. The van der Waals surface area contributed by atoms with Crippen LogP contribution in [-0.2, 0) is 14.8 Å². The number of nitrogens with zero attached hydrogens (tertiary/aromatic N) is 1. The van der Waals surface area contributed by atoms with Crippen molar-refractivity contribution in [3.05, 3.63) is 40.3 Å². The molecule has 7 nitrogen and oxygen atoms in total. The Bertz CT molecular complexity index is 895. The first kappa shape index (κ1) is 19.6. The molecule has 2 aromatic rings. The van der Waals surface area contributed by atoms with E-state index in [0.717, 1.165) is 17.7 Å². The molecule has 1 saturated carbocycles. The lowest BCUT2D eigenvalue weighted by Gasteiger charge is -2.24. The number of sulfonamides is 1. The number of thiophene rings is 1. The number of hydrogen-bond donors (Lipinski definition) is 1. The van der Waals surface area contributed by atoms with Gasteiger partial charge in [0.15, 0.2) is 5.76 Å². The minimum Gasteiger partial charge on any atom is -0.438 e. The molecule has 2 aromatic heterocycles. The maximum absolute atomic E-state index is 12.8. The Morgan fingerprint density at radius 3 is 2.61 bits per heavy atom. The summed E-state index contributed by atoms with van der Waals surface area (Å²) >= 11 is 1.62. The lowest BCUT2D eigenvalue weighted by atomic mass is 9.96. The molecule has 1 unspecified atom stereocenters. The third-order valence-corrected chi connectivity index (χ3v) is 8.11. The second kappa shape index (κ2) is 8.36. The summed E-state index contributed by atoms with van der Waals surface area (Å²) in [6.45, 7) is 1.29. The Kier molecular flexibility index (Phi) is 5.86. The van der Waals surface area contributed by atoms with Gasteiger partial charge in [0.1, 0.15) is 0 Å². The topological polar surface area (TPSA) is 88.9 Å². The molecule has 4 rings (SSSR count). The molecule has 1 saturated heterocycles. The fourth-order valence-electron chi connectivity index (χ4n) is 3.89. The maximum atomic E-state index is 12.8. The van der Waals surface area contributed by atoms with Crippen molar-refractivity contribution < 1.29 is 22.4 Å². The van der Waals surface area contributed by atoms with Crippen LogP contribution in [0.15, 0.2) is 39.2 Å². The Hall–Kier alpha value is -1.68. The molecule has 9 heteroatoms. The van der Waals surface area contributed by atoms with Crippen molar-refractivity contribution in [3.63, 3.8) is 0 Å². The fraction of sp³-hybridized carbons (Fsp3) is 0.526. The minimum absolute atomic E-state index is 0.0198. The second-order valence-electron chi connectivity index (χ2n) is 7.15. The summed E-state index contributed by atoms with van der Waals surface area (Å²) in [5.41, 5.74) is 0. The van der Waals surface area contributed by atoms with Crippen molar-refractivity contribution in [1.29, 1.82) is 0 Å². The molecule has 0 aromatic carbocycles. The summed E-state index contributed by atoms with van der Waals surface area (Å²) in [5.74, 6) is 0.0363. The van der Waals surface area contributed by atoms with E-state index in [2.05, 4.69) is 5.32 Å². The number of carbonyl (C=O) groups is 1. The fourth-order valence-corrected chi connectivity index (χ4v) is 6.08. The van der Waals surface area contributed by atoms with Gasteiger partial charge in [0.25, 0.3) is 15.9 Å². The van der Waals surface area contributed by atoms with Gasteiger partial charge in [-0.25, -0.2) is 8.42 Å². The van der Waals surface area contributed by atoms with Crippen molar-refractivity contribution in [2.45, 2.75) is 36.8 Å². The molecule has 0 bridgehead atoms. The second-order valence-corrected chi connectivity index (χ2v) is 9.99. The summed E-state index contributed by atoms with van der Waals surface area (Å²) in [7, 11) is -3.75. The minimum atomic E-state index is -3.75. The van der Waals surface area contributed by atoms with Gasteiger partial charge in [0.05, 0.1) is 19.3 Å². The van der Waals surface area contributed by atoms with Gasteiger partial charge in [-0.1, -0.05) is 18.9 Å². The van der Waals surface area contributed by atoms with Crippen LogP contribution >= 0.6 is 11.3 Å². The van der Waals surface area contributed by atoms with Gasteiger partial charge in [0, 0.05) is 18.0 Å². The molecule has 0 spiro atoms. The number of ether oxygens (including phenoxy) is 1. The van der Waals surface area contributed by atoms with Gasteiger partial charge in [-0.3, -0.25) is 4.79 Å². The zero-order chi connectivity index (χ0) is 19.6. The van der Waals surface area contributed by atoms with E-state index >= 15 is 0 Å². The van der Waals surface area contributed by atoms with Crippen LogP contribution in [0.5, 0.6) is 0 Å². The zero-order valence-electron chi connectivity index (χ0n) is 15.5. The third kappa shape index (κ3) is 4.03. The van der Waals surface area contributed by atoms with Crippen molar-refractivity contribution in [1.82, 2.24) is 9.62 Å². The van der Waals surface area contributed by atoms with E-state index in [-0.39, 0.29) is 35.9 Å². The SMILES string of the molecule is O=C(NC(c1cccs1)C1CCCC1)c1ccc(S(=O)(=O)N2CCOCC2)o1. The quantitative estimate of drug-likeness (QED) is 0.770. The first-order chi connectivity index (χ1) is 13.6. The molecule has 2 fully saturated rings. The maximum Gasteiger partial charge on any atom is 0.287 e. The van der Waals surface area contributed by atoms with E-state index in [0.29, 0.717) is 19.1 Å². The zero-order valence-corrected chi connectivity index (χ0v) is 17.1. The van der Waals surface area contributed by atoms with Crippen LogP contribution in [0, 0.1) is 5.92 Å². The van der Waals surface area contributed by atoms with E-state index in [9.17, 15) is 13.2 Å². The average Bonchev–Trinajstić information content (AvgIpc) is 3.49. The predicted molar refractivity (Wildman–Crippen MR) is 105 cm³/mol. The van der Waals surface area contributed by atoms with E-state index in [4.69, 9.17) is 9.15 Å². The lowest BCUT2D eigenvalue weighted by Crippen LogP contribution is -2.40. The number of carbonyl (C=O) groups excluding carboxylic acids is 1. The number of hydrogen-bond acceptors (Lipinski definition) is 6. The van der Waals surface area contributed by atoms with Crippen LogP contribution in [0.4, 0.5) is 0 Å². The summed E-state index contributed by atoms with van der Waals surface area (Å²) in [5, 5.41) is 4.87. The van der Waals surface area contributed by atoms with Gasteiger partial charge in [-0.15, -0.1) is 11.3 Å². The summed E-state index contributed by atoms with van der Waals surface area (Å²) in [4.78, 5) is 13.9. The van der Waals surface area contributed by atoms with E-state index in [1.807, 2.05) is 17.5 Å². The molecular formula is C19H24N2O5S2. The van der Waals surface area contributed by atoms with Gasteiger partial charge < -0.3 is 14.5 Å². The Balaban J connectivity index is 1.50. The molecule has 1 aliphatic carbocycles. The summed E-state index contributed by atoms with van der Waals surface area (Å²) in [6, 6.07) is 6.73. The average molecular weight is 425 g/mol. The number of rotatable bonds is 6. The highest BCUT2D eigenvalue weighted by molar-refractivity contribution is 7.89. The van der Waals surface area contributed by atoms with Crippen LogP contribution in [0.2, 0.25) is 0 Å². The molecule has 28 heavy (non-hydrogen) atoms. The first-order valence-electron chi connectivity index (χ1n) is 9.58. The van der Waals surface area contributed by atoms with Crippen LogP contribution < -0.4 is 5.32 Å². The highest BCUT2D eigenvalue weighted by atomic mass is 32.2. The summed E-state index contributed by atoms with van der Waals surface area (Å²) in [6.07, 6.45) is 4.51. The number of furan rings is 1. The molecular weight excluding hydrogens is 400 g/mol. The van der Waals surface area contributed by atoms with Gasteiger partial charge in [0.2, 0.25) is 5.09 Å². The Labute approximate surface area is 168 Å². The van der Waals surface area contributed by atoms with Crippen LogP contribution in [0.3, 0.4) is 0 Å². The van der Waals surface area contributed by atoms with Crippen molar-refractivity contribution in [2.75, 3.05) is 26.3 Å². The number of nitrogens with one attached hydrogen (secondary N) is 1. The van der Waals surface area contributed by atoms with Gasteiger partial charge in [-0.2, -0.15) is 4.31 Å². The van der Waals surface area contributed by atoms with Crippen LogP contribution in [0.25, 0.3) is 0 Å². The van der Waals surface area contributed by atoms with Crippen LogP contribution in [-0.4, -0.2) is 44.9 Å². The molecule has 3 heterocycles. The summed E-state index contributed by atoms with van der Waals surface area (Å²) < 4.78 is 37.4. The van der Waals surface area contributed by atoms with E-state index < -0.39 is 10.0 Å². The van der Waals surface area contributed by atoms with Crippen molar-refractivity contribution in [2.24, 2.45) is 5.92 Å². The largest absolute Gasteiger partial charge is 0.438 e. The highest BCUT2D eigenvalue weighted by Gasteiger charge is 2.32. The smallest absolute Gasteiger partial charge is 0.287 e. The molecule has 152 valence electrons. The standard InChI is InChI=1S/C19H24N2O5S2/c22-19(20-18(14-4-1-2-5-14)16-6-3-13-27-16)15-7-8-17(26-15)28(23,24)21-9-11-25-12-10-21/h3,6-8,13-14,18H,1-2,4-5,9-12H2,(H,20,22). The Morgan fingerprint density at radius 1 is 1.18 bits per heavy atom. The van der Waals surface area contributed by atoms with Gasteiger partial charge >= 0.3 is 0 Å². The molecule has 1 N–H and O–H groups in total. The predicted octanol–water partition coefficient (Wildman–Crippen LogP) is 3.02. The molecule has 0 radical (unpaired) electrons. The van der Waals surface area contributed by atoms with Crippen molar-refractivity contribution in [3.8, 4) is 0 Å². The van der Waals surface area contributed by atoms with E-state index in [1.54, 1.807) is 11.3 Å². The monoisotopic (exact) mass is 424 g/mol. The van der Waals surface area contributed by atoms with E-state index in [1.165, 1.54) is 29.3 Å². The first-order valence-corrected chi connectivity index (χ1v) is 11.9.